The lowest BCUT2D eigenvalue weighted by Crippen LogP contribution is -2.49. The van der Waals surface area contributed by atoms with Crippen LogP contribution in [0.15, 0.2) is 12.2 Å². The Morgan fingerprint density at radius 3 is 2.20 bits per heavy atom. The third-order valence-corrected chi connectivity index (χ3v) is 7.33. The molecule has 0 radical (unpaired) electrons. The van der Waals surface area contributed by atoms with Gasteiger partial charge in [0.05, 0.1) is 13.2 Å². The van der Waals surface area contributed by atoms with Gasteiger partial charge in [-0.3, -0.25) is 4.79 Å². The largest absolute Gasteiger partial charge is 0.460 e. The topological polar surface area (TPSA) is 114 Å². The van der Waals surface area contributed by atoms with Gasteiger partial charge in [0.2, 0.25) is 5.91 Å². The average molecular weight is 569 g/mol. The molecule has 2 amide bonds. The average Bonchev–Trinajstić information content (AvgIpc) is 2.82. The lowest BCUT2D eigenvalue weighted by Gasteiger charge is -2.47. The molecular formula is C31H56N2O7. The maximum absolute atomic E-state index is 13.3. The summed E-state index contributed by atoms with van der Waals surface area (Å²) in [6.07, 6.45) is 6.45. The van der Waals surface area contributed by atoms with Gasteiger partial charge < -0.3 is 29.5 Å². The highest BCUT2D eigenvalue weighted by atomic mass is 16.5. The van der Waals surface area contributed by atoms with Crippen LogP contribution >= 0.6 is 0 Å². The van der Waals surface area contributed by atoms with E-state index in [0.29, 0.717) is 44.8 Å². The first-order valence-corrected chi connectivity index (χ1v) is 14.8. The number of unbranched alkanes of at least 4 members (excludes halogenated alkanes) is 2. The van der Waals surface area contributed by atoms with Gasteiger partial charge >= 0.3 is 12.1 Å². The first kappa shape index (κ1) is 35.9. The lowest BCUT2D eigenvalue weighted by molar-refractivity contribution is -0.144. The summed E-state index contributed by atoms with van der Waals surface area (Å²) in [5.74, 6) is -0.417. The number of nitrogens with zero attached hydrogens (tertiary/aromatic N) is 1. The van der Waals surface area contributed by atoms with Crippen LogP contribution in [-0.2, 0) is 23.8 Å². The van der Waals surface area contributed by atoms with Gasteiger partial charge in [0, 0.05) is 43.4 Å². The monoisotopic (exact) mass is 568 g/mol. The number of carbonyl (C=O) groups is 3. The third kappa shape index (κ3) is 14.5. The number of aliphatic hydroxyl groups is 1. The molecule has 0 aliphatic heterocycles. The van der Waals surface area contributed by atoms with E-state index >= 15 is 0 Å². The number of aliphatic hydroxyl groups excluding tert-OH is 1. The normalized spacial score (nSPS) is 20.4. The summed E-state index contributed by atoms with van der Waals surface area (Å²) in [6, 6.07) is -0.0218. The molecule has 0 bridgehead atoms. The third-order valence-electron chi connectivity index (χ3n) is 7.33. The van der Waals surface area contributed by atoms with Crippen molar-refractivity contribution in [3.8, 4) is 0 Å². The van der Waals surface area contributed by atoms with Crippen molar-refractivity contribution >= 4 is 18.0 Å². The second-order valence-corrected chi connectivity index (χ2v) is 13.4. The summed E-state index contributed by atoms with van der Waals surface area (Å²) < 4.78 is 16.2. The van der Waals surface area contributed by atoms with Crippen LogP contribution in [0.2, 0.25) is 0 Å². The molecule has 2 atom stereocenters. The Morgan fingerprint density at radius 2 is 1.60 bits per heavy atom. The van der Waals surface area contributed by atoms with Crippen LogP contribution in [0.25, 0.3) is 0 Å². The minimum absolute atomic E-state index is 0.0157. The smallest absolute Gasteiger partial charge is 0.407 e. The number of ether oxygens (including phenoxy) is 3. The van der Waals surface area contributed by atoms with E-state index in [2.05, 4.69) is 32.7 Å². The molecule has 0 spiro atoms. The summed E-state index contributed by atoms with van der Waals surface area (Å²) in [7, 11) is 0. The molecule has 1 aliphatic rings. The second kappa shape index (κ2) is 17.0. The summed E-state index contributed by atoms with van der Waals surface area (Å²) in [5, 5.41) is 11.8. The molecule has 1 aliphatic carbocycles. The fourth-order valence-electron chi connectivity index (χ4n) is 5.75. The standard InChI is InChI=1S/C31H56N2O7/c1-24(2)27(36)39-20-15-33(29(3,4)5)26(35)13-14-31(8)22-25(21-30(6,7)23-31)32-28(37)40-19-12-11-18-38-17-10-9-16-34/h25,34H,1,9-23H2,2-8H3,(H,32,37). The van der Waals surface area contributed by atoms with Crippen LogP contribution in [-0.4, -0.2) is 79.1 Å². The fraction of sp³-hybridized carbons (Fsp3) is 0.839. The molecule has 9 nitrogen and oxygen atoms in total. The van der Waals surface area contributed by atoms with E-state index in [1.807, 2.05) is 20.8 Å². The van der Waals surface area contributed by atoms with Gasteiger partial charge in [-0.05, 0) is 89.9 Å². The Morgan fingerprint density at radius 1 is 0.975 bits per heavy atom. The van der Waals surface area contributed by atoms with E-state index in [-0.39, 0.29) is 36.0 Å². The molecule has 0 aromatic rings. The van der Waals surface area contributed by atoms with Crippen molar-refractivity contribution in [1.29, 1.82) is 0 Å². The second-order valence-electron chi connectivity index (χ2n) is 13.4. The van der Waals surface area contributed by atoms with Gasteiger partial charge in [0.1, 0.15) is 6.61 Å². The number of rotatable bonds is 17. The van der Waals surface area contributed by atoms with Gasteiger partial charge in [-0.2, -0.15) is 0 Å². The van der Waals surface area contributed by atoms with Crippen LogP contribution in [0, 0.1) is 10.8 Å². The zero-order chi connectivity index (χ0) is 30.4. The van der Waals surface area contributed by atoms with Crippen LogP contribution < -0.4 is 5.32 Å². The Hall–Kier alpha value is -2.13. The Kier molecular flexibility index (Phi) is 15.2. The minimum atomic E-state index is -0.449. The summed E-state index contributed by atoms with van der Waals surface area (Å²) >= 11 is 0. The predicted octanol–water partition coefficient (Wildman–Crippen LogP) is 5.39. The molecule has 9 heteroatoms. The summed E-state index contributed by atoms with van der Waals surface area (Å²) in [5.41, 5.74) is -0.163. The number of alkyl carbamates (subject to hydrolysis) is 1. The predicted molar refractivity (Wildman–Crippen MR) is 157 cm³/mol. The Labute approximate surface area is 242 Å². The number of carbonyl (C=O) groups excluding carboxylic acids is 3. The molecule has 1 fully saturated rings. The van der Waals surface area contributed by atoms with Crippen molar-refractivity contribution in [2.75, 3.05) is 39.6 Å². The molecule has 0 saturated heterocycles. The first-order valence-electron chi connectivity index (χ1n) is 14.8. The Balaban J connectivity index is 2.57. The molecule has 1 saturated carbocycles. The number of esters is 1. The van der Waals surface area contributed by atoms with Gasteiger partial charge in [0.25, 0.3) is 0 Å². The summed E-state index contributed by atoms with van der Waals surface area (Å²) in [4.78, 5) is 39.4. The highest BCUT2D eigenvalue weighted by Gasteiger charge is 2.42. The van der Waals surface area contributed by atoms with Gasteiger partial charge in [-0.1, -0.05) is 27.4 Å². The molecule has 0 heterocycles. The zero-order valence-corrected chi connectivity index (χ0v) is 26.2. The van der Waals surface area contributed by atoms with Gasteiger partial charge in [0.15, 0.2) is 0 Å². The van der Waals surface area contributed by atoms with Crippen molar-refractivity contribution < 1.29 is 33.7 Å². The van der Waals surface area contributed by atoms with E-state index < -0.39 is 17.6 Å². The minimum Gasteiger partial charge on any atom is -0.460 e. The van der Waals surface area contributed by atoms with Crippen LogP contribution in [0.5, 0.6) is 0 Å². The molecule has 1 rings (SSSR count). The van der Waals surface area contributed by atoms with Crippen molar-refractivity contribution in [1.82, 2.24) is 10.2 Å². The van der Waals surface area contributed by atoms with Gasteiger partial charge in [-0.25, -0.2) is 9.59 Å². The molecular weight excluding hydrogens is 512 g/mol. The maximum atomic E-state index is 13.3. The van der Waals surface area contributed by atoms with Crippen LogP contribution in [0.3, 0.4) is 0 Å². The molecule has 0 aromatic heterocycles. The highest BCUT2D eigenvalue weighted by Crippen LogP contribution is 2.48. The van der Waals surface area contributed by atoms with Crippen LogP contribution in [0.1, 0.15) is 106 Å². The van der Waals surface area contributed by atoms with E-state index in [0.717, 1.165) is 44.9 Å². The molecule has 2 N–H and O–H groups in total. The number of hydrogen-bond acceptors (Lipinski definition) is 7. The molecule has 232 valence electrons. The molecule has 40 heavy (non-hydrogen) atoms. The summed E-state index contributed by atoms with van der Waals surface area (Å²) in [6.45, 7) is 20.0. The zero-order valence-electron chi connectivity index (χ0n) is 26.2. The van der Waals surface area contributed by atoms with Crippen LogP contribution in [0.4, 0.5) is 4.79 Å². The first-order chi connectivity index (χ1) is 18.6. The van der Waals surface area contributed by atoms with Crippen molar-refractivity contribution in [2.45, 2.75) is 118 Å². The van der Waals surface area contributed by atoms with Crippen molar-refractivity contribution in [3.05, 3.63) is 12.2 Å². The molecule has 0 aromatic carbocycles. The Bertz CT molecular complexity index is 821. The SMILES string of the molecule is C=C(C)C(=O)OCCN(C(=O)CCC1(C)CC(NC(=O)OCCCCOCCCCO)CC(C)(C)C1)C(C)(C)C. The maximum Gasteiger partial charge on any atom is 0.407 e. The van der Waals surface area contributed by atoms with E-state index in [1.165, 1.54) is 0 Å². The van der Waals surface area contributed by atoms with E-state index in [9.17, 15) is 14.4 Å². The molecule has 2 unspecified atom stereocenters. The van der Waals surface area contributed by atoms with Crippen molar-refractivity contribution in [3.63, 3.8) is 0 Å². The number of hydrogen-bond donors (Lipinski definition) is 2. The highest BCUT2D eigenvalue weighted by molar-refractivity contribution is 5.87. The quantitative estimate of drug-likeness (QED) is 0.137. The fourth-order valence-corrected chi connectivity index (χ4v) is 5.75. The number of nitrogens with one attached hydrogen (secondary N) is 1. The van der Waals surface area contributed by atoms with E-state index in [4.69, 9.17) is 19.3 Å². The van der Waals surface area contributed by atoms with Crippen molar-refractivity contribution in [2.24, 2.45) is 10.8 Å². The number of amides is 2. The lowest BCUT2D eigenvalue weighted by atomic mass is 9.61. The van der Waals surface area contributed by atoms with Gasteiger partial charge in [-0.15, -0.1) is 0 Å². The van der Waals surface area contributed by atoms with E-state index in [1.54, 1.807) is 11.8 Å².